The van der Waals surface area contributed by atoms with Crippen molar-refractivity contribution in [2.45, 2.75) is 44.7 Å². The van der Waals surface area contributed by atoms with E-state index in [-0.39, 0.29) is 0 Å². The second kappa shape index (κ2) is 8.79. The molecule has 0 radical (unpaired) electrons. The molecule has 0 atom stereocenters. The van der Waals surface area contributed by atoms with E-state index in [1.807, 2.05) is 6.07 Å². The van der Waals surface area contributed by atoms with Crippen LogP contribution in [-0.2, 0) is 0 Å². The van der Waals surface area contributed by atoms with E-state index in [0.29, 0.717) is 5.92 Å². The second-order valence-corrected chi connectivity index (χ2v) is 6.67. The molecule has 0 unspecified atom stereocenters. The minimum atomic E-state index is 0.561. The van der Waals surface area contributed by atoms with Crippen molar-refractivity contribution in [3.8, 4) is 5.75 Å². The number of aromatic nitrogens is 2. The zero-order valence-corrected chi connectivity index (χ0v) is 14.4. The number of thioether (sulfide) groups is 1. The number of hydrogen-bond donors (Lipinski definition) is 0. The quantitative estimate of drug-likeness (QED) is 0.396. The lowest BCUT2D eigenvalue weighted by molar-refractivity contribution is 0.309. The molecule has 1 heterocycles. The van der Waals surface area contributed by atoms with E-state index >= 15 is 0 Å². The predicted octanol–water partition coefficient (Wildman–Crippen LogP) is 4.86. The first-order valence-electron chi connectivity index (χ1n) is 7.80. The molecule has 118 valence electrons. The van der Waals surface area contributed by atoms with Gasteiger partial charge in [0.1, 0.15) is 5.75 Å². The summed E-state index contributed by atoms with van der Waals surface area (Å²) in [6.45, 7) is 7.35. The van der Waals surface area contributed by atoms with Crippen LogP contribution in [-0.4, -0.2) is 22.3 Å². The number of unbranched alkanes of at least 4 members (excludes halogenated alkanes) is 1. The predicted molar refractivity (Wildman–Crippen MR) is 92.8 cm³/mol. The van der Waals surface area contributed by atoms with Crippen molar-refractivity contribution in [1.82, 2.24) is 9.97 Å². The number of benzene rings is 1. The van der Waals surface area contributed by atoms with Gasteiger partial charge in [0.25, 0.3) is 0 Å². The SMILES string of the molecule is Cc1cc(OCCCCSc2ncccn2)ccc1C(C)C. The third-order valence-electron chi connectivity index (χ3n) is 3.44. The minimum absolute atomic E-state index is 0.561. The molecule has 2 rings (SSSR count). The van der Waals surface area contributed by atoms with E-state index < -0.39 is 0 Å². The van der Waals surface area contributed by atoms with Gasteiger partial charge in [-0.3, -0.25) is 0 Å². The first-order valence-corrected chi connectivity index (χ1v) is 8.78. The Bertz CT molecular complexity index is 573. The Hall–Kier alpha value is -1.55. The second-order valence-electron chi connectivity index (χ2n) is 5.61. The van der Waals surface area contributed by atoms with Crippen molar-refractivity contribution in [3.05, 3.63) is 47.8 Å². The van der Waals surface area contributed by atoms with Gasteiger partial charge < -0.3 is 4.74 Å². The summed E-state index contributed by atoms with van der Waals surface area (Å²) in [5.74, 6) is 2.56. The summed E-state index contributed by atoms with van der Waals surface area (Å²) in [7, 11) is 0. The first kappa shape index (κ1) is 16.8. The maximum absolute atomic E-state index is 5.83. The number of nitrogens with zero attached hydrogens (tertiary/aromatic N) is 2. The van der Waals surface area contributed by atoms with Crippen LogP contribution < -0.4 is 4.74 Å². The van der Waals surface area contributed by atoms with Crippen molar-refractivity contribution in [2.24, 2.45) is 0 Å². The summed E-state index contributed by atoms with van der Waals surface area (Å²) in [5.41, 5.74) is 2.70. The van der Waals surface area contributed by atoms with Crippen LogP contribution in [0, 0.1) is 6.92 Å². The highest BCUT2D eigenvalue weighted by atomic mass is 32.2. The molecule has 0 saturated heterocycles. The molecule has 22 heavy (non-hydrogen) atoms. The van der Waals surface area contributed by atoms with E-state index in [1.54, 1.807) is 24.2 Å². The van der Waals surface area contributed by atoms with E-state index in [0.717, 1.165) is 36.1 Å². The molecule has 0 aliphatic carbocycles. The Balaban J connectivity index is 1.65. The highest BCUT2D eigenvalue weighted by Crippen LogP contribution is 2.23. The fourth-order valence-corrected chi connectivity index (χ4v) is 3.11. The van der Waals surface area contributed by atoms with Crippen LogP contribution in [0.1, 0.15) is 43.7 Å². The van der Waals surface area contributed by atoms with Gasteiger partial charge in [-0.25, -0.2) is 9.97 Å². The van der Waals surface area contributed by atoms with Gasteiger partial charge in [-0.1, -0.05) is 31.7 Å². The summed E-state index contributed by atoms with van der Waals surface area (Å²) in [5, 5.41) is 0.850. The van der Waals surface area contributed by atoms with Crippen molar-refractivity contribution in [1.29, 1.82) is 0 Å². The maximum atomic E-state index is 5.83. The van der Waals surface area contributed by atoms with Gasteiger partial charge in [0.05, 0.1) is 6.61 Å². The highest BCUT2D eigenvalue weighted by molar-refractivity contribution is 7.99. The Morgan fingerprint density at radius 1 is 1.14 bits per heavy atom. The summed E-state index contributed by atoms with van der Waals surface area (Å²) in [6, 6.07) is 8.24. The molecular formula is C18H24N2OS. The summed E-state index contributed by atoms with van der Waals surface area (Å²) < 4.78 is 5.83. The summed E-state index contributed by atoms with van der Waals surface area (Å²) >= 11 is 1.70. The molecule has 0 amide bonds. The highest BCUT2D eigenvalue weighted by Gasteiger charge is 2.04. The fraction of sp³-hybridized carbons (Fsp3) is 0.444. The number of ether oxygens (including phenoxy) is 1. The Morgan fingerprint density at radius 3 is 2.59 bits per heavy atom. The molecule has 0 bridgehead atoms. The first-order chi connectivity index (χ1) is 10.7. The molecule has 0 N–H and O–H groups in total. The van der Waals surface area contributed by atoms with Gasteiger partial charge in [0, 0.05) is 18.1 Å². The zero-order chi connectivity index (χ0) is 15.8. The van der Waals surface area contributed by atoms with Crippen LogP contribution in [0.3, 0.4) is 0 Å². The molecule has 0 fully saturated rings. The fourth-order valence-electron chi connectivity index (χ4n) is 2.30. The van der Waals surface area contributed by atoms with Gasteiger partial charge in [0.2, 0.25) is 0 Å². The molecule has 0 aliphatic rings. The van der Waals surface area contributed by atoms with E-state index in [1.165, 1.54) is 11.1 Å². The maximum Gasteiger partial charge on any atom is 0.187 e. The normalized spacial score (nSPS) is 10.9. The number of rotatable bonds is 8. The third-order valence-corrected chi connectivity index (χ3v) is 4.41. The molecule has 0 aliphatic heterocycles. The van der Waals surface area contributed by atoms with Crippen molar-refractivity contribution < 1.29 is 4.74 Å². The molecule has 2 aromatic rings. The van der Waals surface area contributed by atoms with Crippen LogP contribution in [0.15, 0.2) is 41.8 Å². The van der Waals surface area contributed by atoms with Gasteiger partial charge in [-0.2, -0.15) is 0 Å². The molecule has 4 heteroatoms. The number of aryl methyl sites for hydroxylation is 1. The molecule has 0 spiro atoms. The van der Waals surface area contributed by atoms with Crippen LogP contribution in [0.4, 0.5) is 0 Å². The van der Waals surface area contributed by atoms with Crippen LogP contribution >= 0.6 is 11.8 Å². The van der Waals surface area contributed by atoms with Crippen LogP contribution in [0.25, 0.3) is 0 Å². The van der Waals surface area contributed by atoms with Crippen molar-refractivity contribution >= 4 is 11.8 Å². The largest absolute Gasteiger partial charge is 0.494 e. The van der Waals surface area contributed by atoms with Gasteiger partial charge >= 0.3 is 0 Å². The van der Waals surface area contributed by atoms with E-state index in [9.17, 15) is 0 Å². The average Bonchev–Trinajstić information content (AvgIpc) is 2.51. The third kappa shape index (κ3) is 5.34. The summed E-state index contributed by atoms with van der Waals surface area (Å²) in [6.07, 6.45) is 5.71. The van der Waals surface area contributed by atoms with Crippen molar-refractivity contribution in [2.75, 3.05) is 12.4 Å². The molecule has 1 aromatic carbocycles. The van der Waals surface area contributed by atoms with Gasteiger partial charge in [-0.05, 0) is 55.0 Å². The minimum Gasteiger partial charge on any atom is -0.494 e. The Labute approximate surface area is 137 Å². The average molecular weight is 316 g/mol. The molecule has 0 saturated carbocycles. The molecule has 1 aromatic heterocycles. The molecular weight excluding hydrogens is 292 g/mol. The Kier molecular flexibility index (Phi) is 6.72. The zero-order valence-electron chi connectivity index (χ0n) is 13.6. The number of hydrogen-bond acceptors (Lipinski definition) is 4. The van der Waals surface area contributed by atoms with Crippen molar-refractivity contribution in [3.63, 3.8) is 0 Å². The topological polar surface area (TPSA) is 35.0 Å². The van der Waals surface area contributed by atoms with Gasteiger partial charge in [0.15, 0.2) is 5.16 Å². The Morgan fingerprint density at radius 2 is 1.91 bits per heavy atom. The van der Waals surface area contributed by atoms with Crippen LogP contribution in [0.5, 0.6) is 5.75 Å². The van der Waals surface area contributed by atoms with Crippen LogP contribution in [0.2, 0.25) is 0 Å². The summed E-state index contributed by atoms with van der Waals surface area (Å²) in [4.78, 5) is 8.39. The smallest absolute Gasteiger partial charge is 0.187 e. The monoisotopic (exact) mass is 316 g/mol. The van der Waals surface area contributed by atoms with E-state index in [4.69, 9.17) is 4.74 Å². The van der Waals surface area contributed by atoms with Gasteiger partial charge in [-0.15, -0.1) is 0 Å². The lowest BCUT2D eigenvalue weighted by atomic mass is 9.98. The lowest BCUT2D eigenvalue weighted by Crippen LogP contribution is -2.00. The van der Waals surface area contributed by atoms with E-state index in [2.05, 4.69) is 48.9 Å². The molecule has 3 nitrogen and oxygen atoms in total. The lowest BCUT2D eigenvalue weighted by Gasteiger charge is -2.12. The standard InChI is InChI=1S/C18H24N2OS/c1-14(2)17-8-7-16(13-15(17)3)21-11-4-5-12-22-18-19-9-6-10-20-18/h6-10,13-14H,4-5,11-12H2,1-3H3.